The monoisotopic (exact) mass is 469 g/mol. The van der Waals surface area contributed by atoms with E-state index in [9.17, 15) is 4.79 Å². The number of hydrogen-bond donors (Lipinski definition) is 1. The number of carbonyl (C=O) groups is 1. The first-order valence-electron chi connectivity index (χ1n) is 10.7. The number of rotatable bonds is 6. The van der Waals surface area contributed by atoms with E-state index < -0.39 is 0 Å². The van der Waals surface area contributed by atoms with Crippen LogP contribution in [-0.4, -0.2) is 29.4 Å². The third-order valence-electron chi connectivity index (χ3n) is 5.81. The number of benzene rings is 2. The summed E-state index contributed by atoms with van der Waals surface area (Å²) < 4.78 is 12.8. The van der Waals surface area contributed by atoms with Crippen LogP contribution >= 0.6 is 11.3 Å². The number of ketones is 1. The molecule has 5 rings (SSSR count). The average Bonchev–Trinajstić information content (AvgIpc) is 3.45. The van der Waals surface area contributed by atoms with Crippen LogP contribution < -0.4 is 15.2 Å². The first-order chi connectivity index (χ1) is 16.5. The maximum absolute atomic E-state index is 13.5. The SMILES string of the molecule is COc1ccc(OC)c(-c2csc(-c3c(N)c(C(=O)c4ccc(C)cc4)n4ccccc34)n2)c1. The van der Waals surface area contributed by atoms with Gasteiger partial charge in [0.1, 0.15) is 22.2 Å². The van der Waals surface area contributed by atoms with Crippen molar-refractivity contribution in [2.45, 2.75) is 6.92 Å². The number of methoxy groups -OCH3 is 2. The predicted molar refractivity (Wildman–Crippen MR) is 136 cm³/mol. The number of nitrogen functional groups attached to an aromatic ring is 1. The standard InChI is InChI=1S/C27H23N3O3S/c1-16-7-9-17(10-8-16)26(31)25-24(28)23(21-6-4-5-13-30(21)25)27-29-20(15-34-27)19-14-18(32-2)11-12-22(19)33-3/h4-15H,28H2,1-3H3. The summed E-state index contributed by atoms with van der Waals surface area (Å²) in [7, 11) is 3.25. The lowest BCUT2D eigenvalue weighted by molar-refractivity contribution is 0.103. The van der Waals surface area contributed by atoms with Crippen molar-refractivity contribution in [1.82, 2.24) is 9.38 Å². The van der Waals surface area contributed by atoms with E-state index in [0.717, 1.165) is 32.9 Å². The minimum Gasteiger partial charge on any atom is -0.497 e. The van der Waals surface area contributed by atoms with Crippen molar-refractivity contribution in [3.05, 3.63) is 89.1 Å². The third-order valence-corrected chi connectivity index (χ3v) is 6.67. The number of hydrogen-bond acceptors (Lipinski definition) is 6. The smallest absolute Gasteiger partial charge is 0.211 e. The predicted octanol–water partition coefficient (Wildman–Crippen LogP) is 5.87. The molecule has 34 heavy (non-hydrogen) atoms. The summed E-state index contributed by atoms with van der Waals surface area (Å²) >= 11 is 1.47. The molecule has 0 radical (unpaired) electrons. The normalized spacial score (nSPS) is 11.0. The van der Waals surface area contributed by atoms with Crippen molar-refractivity contribution in [3.63, 3.8) is 0 Å². The van der Waals surface area contributed by atoms with Crippen LogP contribution in [0.15, 0.2) is 72.2 Å². The van der Waals surface area contributed by atoms with E-state index >= 15 is 0 Å². The van der Waals surface area contributed by atoms with Gasteiger partial charge in [0, 0.05) is 22.7 Å². The van der Waals surface area contributed by atoms with Crippen LogP contribution in [0.5, 0.6) is 11.5 Å². The topological polar surface area (TPSA) is 78.9 Å². The Morgan fingerprint density at radius 2 is 1.82 bits per heavy atom. The van der Waals surface area contributed by atoms with Crippen LogP contribution in [0.3, 0.4) is 0 Å². The molecule has 0 aliphatic carbocycles. The van der Waals surface area contributed by atoms with Gasteiger partial charge in [-0.2, -0.15) is 0 Å². The number of fused-ring (bicyclic) bond motifs is 1. The Labute approximate surface area is 201 Å². The summed E-state index contributed by atoms with van der Waals surface area (Å²) in [6.07, 6.45) is 1.86. The fourth-order valence-electron chi connectivity index (χ4n) is 4.05. The molecule has 2 aromatic carbocycles. The summed E-state index contributed by atoms with van der Waals surface area (Å²) in [5.41, 5.74) is 12.3. The van der Waals surface area contributed by atoms with Crippen LogP contribution in [0, 0.1) is 6.92 Å². The van der Waals surface area contributed by atoms with Crippen LogP contribution in [0.1, 0.15) is 21.6 Å². The number of nitrogens with two attached hydrogens (primary N) is 1. The lowest BCUT2D eigenvalue weighted by atomic mass is 10.1. The fraction of sp³-hybridized carbons (Fsp3) is 0.111. The molecule has 170 valence electrons. The summed E-state index contributed by atoms with van der Waals surface area (Å²) in [5.74, 6) is 1.28. The Hall–Kier alpha value is -4.10. The highest BCUT2D eigenvalue weighted by Crippen LogP contribution is 2.41. The first kappa shape index (κ1) is 21.7. The van der Waals surface area contributed by atoms with Gasteiger partial charge in [-0.25, -0.2) is 4.98 Å². The van der Waals surface area contributed by atoms with E-state index in [0.29, 0.717) is 28.4 Å². The summed E-state index contributed by atoms with van der Waals surface area (Å²) in [6.45, 7) is 1.99. The quantitative estimate of drug-likeness (QED) is 0.315. The van der Waals surface area contributed by atoms with E-state index in [2.05, 4.69) is 0 Å². The van der Waals surface area contributed by atoms with Crippen LogP contribution in [0.2, 0.25) is 0 Å². The molecule has 3 aromatic heterocycles. The fourth-order valence-corrected chi connectivity index (χ4v) is 4.94. The average molecular weight is 470 g/mol. The van der Waals surface area contributed by atoms with Gasteiger partial charge in [-0.1, -0.05) is 35.9 Å². The van der Waals surface area contributed by atoms with Crippen LogP contribution in [-0.2, 0) is 0 Å². The van der Waals surface area contributed by atoms with Gasteiger partial charge in [-0.3, -0.25) is 4.79 Å². The molecule has 0 unspecified atom stereocenters. The first-order valence-corrected chi connectivity index (χ1v) is 11.6. The number of thiazole rings is 1. The molecule has 3 heterocycles. The zero-order valence-corrected chi connectivity index (χ0v) is 19.8. The number of aryl methyl sites for hydroxylation is 1. The number of carbonyl (C=O) groups excluding carboxylic acids is 1. The maximum Gasteiger partial charge on any atom is 0.211 e. The van der Waals surface area contributed by atoms with E-state index in [4.69, 9.17) is 20.2 Å². The Morgan fingerprint density at radius 3 is 2.56 bits per heavy atom. The highest BCUT2D eigenvalue weighted by atomic mass is 32.1. The minimum absolute atomic E-state index is 0.129. The van der Waals surface area contributed by atoms with E-state index in [1.165, 1.54) is 11.3 Å². The van der Waals surface area contributed by atoms with Crippen molar-refractivity contribution in [1.29, 1.82) is 0 Å². The van der Waals surface area contributed by atoms with Gasteiger partial charge in [-0.05, 0) is 37.3 Å². The lowest BCUT2D eigenvalue weighted by Gasteiger charge is -2.08. The Morgan fingerprint density at radius 1 is 1.03 bits per heavy atom. The van der Waals surface area contributed by atoms with Gasteiger partial charge >= 0.3 is 0 Å². The molecule has 7 heteroatoms. The molecule has 6 nitrogen and oxygen atoms in total. The second-order valence-electron chi connectivity index (χ2n) is 7.89. The van der Waals surface area contributed by atoms with Gasteiger partial charge in [-0.15, -0.1) is 11.3 Å². The van der Waals surface area contributed by atoms with Crippen molar-refractivity contribution in [2.75, 3.05) is 20.0 Å². The van der Waals surface area contributed by atoms with Gasteiger partial charge in [0.25, 0.3) is 0 Å². The molecule has 0 saturated carbocycles. The molecule has 0 fully saturated rings. The lowest BCUT2D eigenvalue weighted by Crippen LogP contribution is -2.08. The molecule has 0 aliphatic rings. The highest BCUT2D eigenvalue weighted by Gasteiger charge is 2.25. The van der Waals surface area contributed by atoms with Gasteiger partial charge in [0.05, 0.1) is 36.7 Å². The van der Waals surface area contributed by atoms with E-state index in [1.54, 1.807) is 14.2 Å². The number of ether oxygens (including phenoxy) is 2. The number of nitrogens with zero attached hydrogens (tertiary/aromatic N) is 2. The Kier molecular flexibility index (Phi) is 5.55. The third kappa shape index (κ3) is 3.60. The molecule has 0 aliphatic heterocycles. The molecule has 0 atom stereocenters. The molecule has 2 N–H and O–H groups in total. The van der Waals surface area contributed by atoms with Gasteiger partial charge in [0.15, 0.2) is 0 Å². The summed E-state index contributed by atoms with van der Waals surface area (Å²) in [4.78, 5) is 18.4. The second kappa shape index (κ2) is 8.68. The van der Waals surface area contributed by atoms with Crippen LogP contribution in [0.4, 0.5) is 5.69 Å². The molecule has 0 bridgehead atoms. The molecule has 0 saturated heterocycles. The van der Waals surface area contributed by atoms with Crippen molar-refractivity contribution in [3.8, 4) is 33.3 Å². The molecule has 5 aromatic rings. The molecule has 0 spiro atoms. The van der Waals surface area contributed by atoms with Crippen molar-refractivity contribution >= 4 is 28.3 Å². The Balaban J connectivity index is 1.66. The summed E-state index contributed by atoms with van der Waals surface area (Å²) in [5, 5.41) is 2.68. The van der Waals surface area contributed by atoms with Gasteiger partial charge < -0.3 is 19.6 Å². The van der Waals surface area contributed by atoms with Crippen molar-refractivity contribution < 1.29 is 14.3 Å². The zero-order chi connectivity index (χ0) is 23.8. The van der Waals surface area contributed by atoms with E-state index in [-0.39, 0.29) is 5.78 Å². The number of anilines is 1. The van der Waals surface area contributed by atoms with E-state index in [1.807, 2.05) is 83.6 Å². The minimum atomic E-state index is -0.129. The van der Waals surface area contributed by atoms with Crippen LogP contribution in [0.25, 0.3) is 27.3 Å². The van der Waals surface area contributed by atoms with Gasteiger partial charge in [0.2, 0.25) is 5.78 Å². The van der Waals surface area contributed by atoms with Crippen molar-refractivity contribution in [2.24, 2.45) is 0 Å². The zero-order valence-electron chi connectivity index (χ0n) is 19.0. The highest BCUT2D eigenvalue weighted by molar-refractivity contribution is 7.13. The maximum atomic E-state index is 13.5. The summed E-state index contributed by atoms with van der Waals surface area (Å²) in [6, 6.07) is 18.9. The largest absolute Gasteiger partial charge is 0.497 e. The second-order valence-corrected chi connectivity index (χ2v) is 8.75. The number of pyridine rings is 1. The molecule has 0 amide bonds. The Bertz CT molecular complexity index is 1520. The molecular formula is C27H23N3O3S. The number of aromatic nitrogens is 2. The molecular weight excluding hydrogens is 446 g/mol.